The molecule has 17 heavy (non-hydrogen) atoms. The van der Waals surface area contributed by atoms with Crippen molar-refractivity contribution in [3.63, 3.8) is 0 Å². The van der Waals surface area contributed by atoms with E-state index < -0.39 is 5.63 Å². The van der Waals surface area contributed by atoms with E-state index in [1.54, 1.807) is 0 Å². The summed E-state index contributed by atoms with van der Waals surface area (Å²) in [6.07, 6.45) is 0. The molecule has 0 atom stereocenters. The molecule has 0 fully saturated rings. The van der Waals surface area contributed by atoms with E-state index in [-0.39, 0.29) is 23.0 Å². The van der Waals surface area contributed by atoms with Crippen molar-refractivity contribution in [2.45, 2.75) is 26.7 Å². The number of aryl methyl sites for hydroxylation is 1. The van der Waals surface area contributed by atoms with E-state index in [0.717, 1.165) is 5.56 Å². The molecule has 4 heteroatoms. The Hall–Kier alpha value is -1.97. The van der Waals surface area contributed by atoms with Crippen LogP contribution in [0.4, 0.5) is 0 Å². The second-order valence-electron chi connectivity index (χ2n) is 4.42. The Morgan fingerprint density at radius 3 is 2.35 bits per heavy atom. The van der Waals surface area contributed by atoms with Crippen LogP contribution in [-0.4, -0.2) is 10.2 Å². The maximum absolute atomic E-state index is 11.8. The summed E-state index contributed by atoms with van der Waals surface area (Å²) in [7, 11) is 0. The first-order valence-electron chi connectivity index (χ1n) is 5.41. The molecule has 2 rings (SSSR count). The first kappa shape index (κ1) is 11.5. The van der Waals surface area contributed by atoms with E-state index in [9.17, 15) is 15.0 Å². The molecule has 0 saturated heterocycles. The topological polar surface area (TPSA) is 70.7 Å². The van der Waals surface area contributed by atoms with Crippen LogP contribution in [-0.2, 0) is 0 Å². The number of phenols is 2. The number of aromatic hydroxyl groups is 2. The molecule has 4 nitrogen and oxygen atoms in total. The molecule has 0 amide bonds. The van der Waals surface area contributed by atoms with Crippen molar-refractivity contribution in [1.29, 1.82) is 0 Å². The molecule has 0 saturated carbocycles. The number of phenolic OH excluding ortho intramolecular Hbond substituents is 2. The molecule has 1 aromatic heterocycles. The molecule has 90 valence electrons. The molecule has 0 unspecified atom stereocenters. The Labute approximate surface area is 98.1 Å². The Morgan fingerprint density at radius 2 is 1.76 bits per heavy atom. The van der Waals surface area contributed by atoms with E-state index >= 15 is 0 Å². The fourth-order valence-electron chi connectivity index (χ4n) is 2.06. The summed E-state index contributed by atoms with van der Waals surface area (Å²) in [5, 5.41) is 19.5. The lowest BCUT2D eigenvalue weighted by atomic mass is 9.97. The Kier molecular flexibility index (Phi) is 2.58. The minimum absolute atomic E-state index is 0.0478. The van der Waals surface area contributed by atoms with Crippen LogP contribution in [0, 0.1) is 6.92 Å². The molecule has 0 spiro atoms. The van der Waals surface area contributed by atoms with Gasteiger partial charge in [0.2, 0.25) is 0 Å². The summed E-state index contributed by atoms with van der Waals surface area (Å²) >= 11 is 0. The molecule has 2 aromatic rings. The Morgan fingerprint density at radius 1 is 1.18 bits per heavy atom. The molecule has 1 heterocycles. The first-order chi connectivity index (χ1) is 7.91. The van der Waals surface area contributed by atoms with Gasteiger partial charge in [-0.3, -0.25) is 0 Å². The van der Waals surface area contributed by atoms with Gasteiger partial charge in [0.1, 0.15) is 5.58 Å². The average Bonchev–Trinajstić information content (AvgIpc) is 2.21. The number of fused-ring (bicyclic) bond motifs is 1. The van der Waals surface area contributed by atoms with Gasteiger partial charge in [0.25, 0.3) is 0 Å². The Bertz CT molecular complexity index is 638. The quantitative estimate of drug-likeness (QED) is 0.587. The minimum atomic E-state index is -0.393. The summed E-state index contributed by atoms with van der Waals surface area (Å²) in [6, 6.07) is 2.66. The highest BCUT2D eigenvalue weighted by Crippen LogP contribution is 2.32. The molecule has 0 bridgehead atoms. The van der Waals surface area contributed by atoms with Gasteiger partial charge in [-0.25, -0.2) is 4.79 Å². The number of rotatable bonds is 1. The molecule has 2 N–H and O–H groups in total. The molecular weight excluding hydrogens is 220 g/mol. The lowest BCUT2D eigenvalue weighted by Gasteiger charge is -2.10. The largest absolute Gasteiger partial charge is 0.504 e. The van der Waals surface area contributed by atoms with E-state index in [1.165, 1.54) is 12.1 Å². The third-order valence-electron chi connectivity index (χ3n) is 2.88. The van der Waals surface area contributed by atoms with Gasteiger partial charge < -0.3 is 14.6 Å². The molecule has 0 radical (unpaired) electrons. The third kappa shape index (κ3) is 1.75. The summed E-state index contributed by atoms with van der Waals surface area (Å²) in [6.45, 7) is 5.63. The zero-order valence-corrected chi connectivity index (χ0v) is 9.94. The van der Waals surface area contributed by atoms with Crippen molar-refractivity contribution in [2.75, 3.05) is 0 Å². The van der Waals surface area contributed by atoms with Gasteiger partial charge in [-0.2, -0.15) is 0 Å². The summed E-state index contributed by atoms with van der Waals surface area (Å²) in [5.74, 6) is -0.465. The van der Waals surface area contributed by atoms with Crippen LogP contribution in [0.15, 0.2) is 21.3 Å². The molecule has 0 aliphatic rings. The number of hydrogen-bond acceptors (Lipinski definition) is 4. The maximum Gasteiger partial charge on any atom is 0.339 e. The zero-order valence-electron chi connectivity index (χ0n) is 9.94. The molecular formula is C13H14O4. The smallest absolute Gasteiger partial charge is 0.339 e. The monoisotopic (exact) mass is 234 g/mol. The van der Waals surface area contributed by atoms with Gasteiger partial charge in [-0.05, 0) is 24.5 Å². The first-order valence-corrected chi connectivity index (χ1v) is 5.41. The molecule has 0 aliphatic carbocycles. The van der Waals surface area contributed by atoms with Crippen LogP contribution >= 0.6 is 0 Å². The predicted molar refractivity (Wildman–Crippen MR) is 64.6 cm³/mol. The van der Waals surface area contributed by atoms with Gasteiger partial charge in [-0.15, -0.1) is 0 Å². The van der Waals surface area contributed by atoms with Crippen LogP contribution in [0.3, 0.4) is 0 Å². The van der Waals surface area contributed by atoms with Gasteiger partial charge >= 0.3 is 5.63 Å². The standard InChI is InChI=1S/C13H14O4/c1-6(2)12-7(3)8-4-9(14)10(15)5-11(8)17-13(12)16/h4-6,14-15H,1-3H3. The van der Waals surface area contributed by atoms with Crippen molar-refractivity contribution in [1.82, 2.24) is 0 Å². The van der Waals surface area contributed by atoms with Crippen molar-refractivity contribution in [3.05, 3.63) is 33.7 Å². The van der Waals surface area contributed by atoms with E-state index in [4.69, 9.17) is 4.42 Å². The van der Waals surface area contributed by atoms with Crippen LogP contribution in [0.25, 0.3) is 11.0 Å². The summed E-state index contributed by atoms with van der Waals surface area (Å²) in [4.78, 5) is 11.8. The second kappa shape index (κ2) is 3.80. The van der Waals surface area contributed by atoms with E-state index in [2.05, 4.69) is 0 Å². The number of benzene rings is 1. The highest BCUT2D eigenvalue weighted by molar-refractivity contribution is 5.84. The van der Waals surface area contributed by atoms with Crippen molar-refractivity contribution < 1.29 is 14.6 Å². The molecule has 0 aliphatic heterocycles. The average molecular weight is 234 g/mol. The van der Waals surface area contributed by atoms with Crippen LogP contribution in [0.5, 0.6) is 11.5 Å². The fourth-order valence-corrected chi connectivity index (χ4v) is 2.06. The van der Waals surface area contributed by atoms with E-state index in [1.807, 2.05) is 20.8 Å². The van der Waals surface area contributed by atoms with Crippen molar-refractivity contribution in [3.8, 4) is 11.5 Å². The molecule has 1 aromatic carbocycles. The SMILES string of the molecule is Cc1c(C(C)C)c(=O)oc2cc(O)c(O)cc12. The minimum Gasteiger partial charge on any atom is -0.504 e. The van der Waals surface area contributed by atoms with Crippen molar-refractivity contribution >= 4 is 11.0 Å². The Balaban J connectivity index is 2.92. The van der Waals surface area contributed by atoms with Gasteiger partial charge in [-0.1, -0.05) is 13.8 Å². The highest BCUT2D eigenvalue weighted by Gasteiger charge is 2.15. The second-order valence-corrected chi connectivity index (χ2v) is 4.42. The normalized spacial score (nSPS) is 11.3. The third-order valence-corrected chi connectivity index (χ3v) is 2.88. The fraction of sp³-hybridized carbons (Fsp3) is 0.308. The lowest BCUT2D eigenvalue weighted by molar-refractivity contribution is 0.403. The zero-order chi connectivity index (χ0) is 12.7. The maximum atomic E-state index is 11.8. The lowest BCUT2D eigenvalue weighted by Crippen LogP contribution is -2.11. The van der Waals surface area contributed by atoms with Gasteiger partial charge in [0, 0.05) is 17.0 Å². The summed E-state index contributed by atoms with van der Waals surface area (Å²) in [5.41, 5.74) is 1.27. The van der Waals surface area contributed by atoms with Crippen molar-refractivity contribution in [2.24, 2.45) is 0 Å². The predicted octanol–water partition coefficient (Wildman–Crippen LogP) is 2.64. The van der Waals surface area contributed by atoms with Gasteiger partial charge in [0.15, 0.2) is 11.5 Å². The van der Waals surface area contributed by atoms with E-state index in [0.29, 0.717) is 10.9 Å². The summed E-state index contributed by atoms with van der Waals surface area (Å²) < 4.78 is 5.14. The van der Waals surface area contributed by atoms with Gasteiger partial charge in [0.05, 0.1) is 0 Å². The van der Waals surface area contributed by atoms with Crippen LogP contribution < -0.4 is 5.63 Å². The highest BCUT2D eigenvalue weighted by atomic mass is 16.4. The number of hydrogen-bond donors (Lipinski definition) is 2. The van der Waals surface area contributed by atoms with Crippen LogP contribution in [0.1, 0.15) is 30.9 Å². The van der Waals surface area contributed by atoms with Crippen LogP contribution in [0.2, 0.25) is 0 Å².